The van der Waals surface area contributed by atoms with Crippen LogP contribution in [0.1, 0.15) is 126 Å². The summed E-state index contributed by atoms with van der Waals surface area (Å²) >= 11 is 0. The number of ketones is 3. The zero-order valence-electron chi connectivity index (χ0n) is 45.2. The van der Waals surface area contributed by atoms with Crippen molar-refractivity contribution in [2.24, 2.45) is 35.5 Å². The van der Waals surface area contributed by atoms with Crippen molar-refractivity contribution in [1.82, 2.24) is 4.90 Å². The Bertz CT molecular complexity index is 1880. The number of esters is 1. The molecule has 4 rings (SSSR count). The van der Waals surface area contributed by atoms with Crippen LogP contribution >= 0.6 is 0 Å². The Kier molecular flexibility index (Phi) is 25.6. The highest BCUT2D eigenvalue weighted by atomic mass is 16.6. The molecule has 2 saturated heterocycles. The number of allylic oxidation sites excluding steroid dienone is 6. The number of amides is 1. The lowest BCUT2D eigenvalue weighted by Crippen LogP contribution is -2.61. The quantitative estimate of drug-likeness (QED) is 0.0837. The molecule has 0 aromatic rings. The molecule has 1 amide bonds. The van der Waals surface area contributed by atoms with Gasteiger partial charge in [-0.3, -0.25) is 19.2 Å². The maximum Gasteiger partial charge on any atom is 0.329 e. The molecule has 4 aliphatic rings. The van der Waals surface area contributed by atoms with E-state index < -0.39 is 77.9 Å². The number of aliphatic hydroxyl groups is 2. The first-order chi connectivity index (χ1) is 34.3. The SMILES string of the molecule is COCCOCCO[C@@H]1C[C@@H]2CC[C@@H](C)[C@@](O)(O2)C(=O)C(=O)N2CCCC[C@H]2C(=O)O[C@H]([C@H](C)C[C@@H]2CC[C@@H](O)[C@H](OC)C2)CC(=O)[C@H](C)/C=C(\C)[C@@H](OC)[C@@H](OC)C(=O)[C@H](C)C[C@H](C)/C=C/C=C/C=C/1C. The number of ether oxygens (including phenoxy) is 8. The molecular formula is C56H89NO15. The Labute approximate surface area is 429 Å². The number of carbonyl (C=O) groups is 5. The molecule has 0 unspecified atom stereocenters. The number of rotatable bonds is 13. The van der Waals surface area contributed by atoms with Gasteiger partial charge in [-0.2, -0.15) is 0 Å². The summed E-state index contributed by atoms with van der Waals surface area (Å²) in [5, 5.41) is 22.7. The Balaban J connectivity index is 1.73. The van der Waals surface area contributed by atoms with Gasteiger partial charge < -0.3 is 53.0 Å². The van der Waals surface area contributed by atoms with E-state index in [9.17, 15) is 34.2 Å². The molecule has 3 heterocycles. The predicted molar refractivity (Wildman–Crippen MR) is 272 cm³/mol. The monoisotopic (exact) mass is 1020 g/mol. The first-order valence-electron chi connectivity index (χ1n) is 26.5. The highest BCUT2D eigenvalue weighted by molar-refractivity contribution is 6.39. The highest BCUT2D eigenvalue weighted by Gasteiger charge is 2.53. The molecule has 0 spiro atoms. The average molecular weight is 1020 g/mol. The van der Waals surface area contributed by atoms with Gasteiger partial charge in [0.1, 0.15) is 30.1 Å². The number of methoxy groups -OCH3 is 4. The van der Waals surface area contributed by atoms with Crippen LogP contribution in [0.25, 0.3) is 0 Å². The fourth-order valence-electron chi connectivity index (χ4n) is 10.8. The molecule has 15 atom stereocenters. The summed E-state index contributed by atoms with van der Waals surface area (Å²) < 4.78 is 47.0. The number of Topliss-reactive ketones (excluding diaryl/α,β-unsaturated/α-hetero) is 3. The minimum atomic E-state index is -2.47. The summed E-state index contributed by atoms with van der Waals surface area (Å²) in [6.07, 6.45) is 12.1. The topological polar surface area (TPSA) is 203 Å². The predicted octanol–water partition coefficient (Wildman–Crippen LogP) is 6.87. The average Bonchev–Trinajstić information content (AvgIpc) is 3.36. The zero-order chi connectivity index (χ0) is 53.1. The van der Waals surface area contributed by atoms with Crippen LogP contribution in [-0.2, 0) is 61.9 Å². The maximum atomic E-state index is 14.5. The van der Waals surface area contributed by atoms with Crippen LogP contribution in [-0.4, -0.2) is 160 Å². The molecule has 16 nitrogen and oxygen atoms in total. The summed E-state index contributed by atoms with van der Waals surface area (Å²) in [7, 11) is 6.16. The molecule has 1 aliphatic carbocycles. The largest absolute Gasteiger partial charge is 0.460 e. The fraction of sp³-hybridized carbons (Fsp3) is 0.768. The van der Waals surface area contributed by atoms with Gasteiger partial charge in [0.05, 0.1) is 50.8 Å². The van der Waals surface area contributed by atoms with Crippen LogP contribution in [0.3, 0.4) is 0 Å². The van der Waals surface area contributed by atoms with E-state index in [0.29, 0.717) is 76.8 Å². The minimum absolute atomic E-state index is 0.0344. The van der Waals surface area contributed by atoms with Crippen LogP contribution < -0.4 is 0 Å². The van der Waals surface area contributed by atoms with Crippen molar-refractivity contribution in [2.45, 2.75) is 180 Å². The highest BCUT2D eigenvalue weighted by Crippen LogP contribution is 2.38. The maximum absolute atomic E-state index is 14.5. The van der Waals surface area contributed by atoms with Gasteiger partial charge in [0.25, 0.3) is 11.7 Å². The third-order valence-electron chi connectivity index (χ3n) is 15.4. The van der Waals surface area contributed by atoms with Crippen LogP contribution in [0.4, 0.5) is 0 Å². The van der Waals surface area contributed by atoms with E-state index in [2.05, 4.69) is 0 Å². The van der Waals surface area contributed by atoms with Crippen molar-refractivity contribution in [3.05, 3.63) is 47.6 Å². The number of piperidine rings is 1. The number of cyclic esters (lactones) is 1. The Morgan fingerprint density at radius 3 is 2.22 bits per heavy atom. The first-order valence-corrected chi connectivity index (χ1v) is 26.5. The van der Waals surface area contributed by atoms with Crippen molar-refractivity contribution >= 4 is 29.2 Å². The van der Waals surface area contributed by atoms with Crippen molar-refractivity contribution in [3.8, 4) is 0 Å². The van der Waals surface area contributed by atoms with Gasteiger partial charge in [-0.05, 0) is 107 Å². The number of carbonyl (C=O) groups excluding carboxylic acids is 5. The molecule has 3 fully saturated rings. The number of fused-ring (bicyclic) bond motifs is 3. The fourth-order valence-corrected chi connectivity index (χ4v) is 10.8. The molecule has 2 bridgehead atoms. The molecule has 0 aromatic heterocycles. The van der Waals surface area contributed by atoms with Gasteiger partial charge in [0.15, 0.2) is 5.78 Å². The van der Waals surface area contributed by atoms with Crippen molar-refractivity contribution in [3.63, 3.8) is 0 Å². The summed E-state index contributed by atoms with van der Waals surface area (Å²) in [4.78, 5) is 72.9. The number of hydrogen-bond acceptors (Lipinski definition) is 15. The van der Waals surface area contributed by atoms with E-state index in [4.69, 9.17) is 37.9 Å². The van der Waals surface area contributed by atoms with E-state index in [1.54, 1.807) is 41.1 Å². The lowest BCUT2D eigenvalue weighted by Gasteiger charge is -2.43. The van der Waals surface area contributed by atoms with Gasteiger partial charge in [-0.1, -0.05) is 71.1 Å². The smallest absolute Gasteiger partial charge is 0.329 e. The molecule has 0 aromatic carbocycles. The van der Waals surface area contributed by atoms with Crippen molar-refractivity contribution in [1.29, 1.82) is 0 Å². The van der Waals surface area contributed by atoms with Crippen LogP contribution in [0.15, 0.2) is 47.6 Å². The summed E-state index contributed by atoms with van der Waals surface area (Å²) in [6, 6.07) is -1.15. The zero-order valence-corrected chi connectivity index (χ0v) is 45.2. The number of nitrogens with zero attached hydrogens (tertiary/aromatic N) is 1. The van der Waals surface area contributed by atoms with Crippen LogP contribution in [0.5, 0.6) is 0 Å². The van der Waals surface area contributed by atoms with Gasteiger partial charge in [0, 0.05) is 65.6 Å². The standard InChI is InChI=1S/C56H89NO15/c1-35-17-13-12-14-18-36(2)47(70-28-27-69-26-25-65-8)33-43-22-20-41(7)56(64,72-43)53(61)54(62)57-24-16-15-19-44(57)55(63)71-48(38(4)31-42-21-23-45(58)49(32-42)66-9)34-46(59)37(3)30-40(6)51(67-10)52(68-11)50(60)39(5)29-35/h12-14,17-18,30,35,37-39,41-45,47-49,51-52,58,64H,15-16,19-29,31-34H2,1-11H3/b14-12+,17-13+,36-18+,40-30+/t35-,37-,38-,39-,41-,42+,43+,44+,45-,47-,48+,49-,51-,52+,56-/m1/s1. The second kappa shape index (κ2) is 30.2. The van der Waals surface area contributed by atoms with E-state index >= 15 is 0 Å². The Morgan fingerprint density at radius 2 is 1.53 bits per heavy atom. The molecule has 16 heteroatoms. The van der Waals surface area contributed by atoms with E-state index in [1.807, 2.05) is 58.1 Å². The van der Waals surface area contributed by atoms with Gasteiger partial charge in [-0.25, -0.2) is 4.79 Å². The third-order valence-corrected chi connectivity index (χ3v) is 15.4. The lowest BCUT2D eigenvalue weighted by molar-refractivity contribution is -0.266. The van der Waals surface area contributed by atoms with Gasteiger partial charge in [-0.15, -0.1) is 0 Å². The summed E-state index contributed by atoms with van der Waals surface area (Å²) in [5.41, 5.74) is 1.50. The lowest BCUT2D eigenvalue weighted by atomic mass is 9.78. The Hall–Kier alpha value is -3.45. The van der Waals surface area contributed by atoms with Crippen LogP contribution in [0, 0.1) is 35.5 Å². The van der Waals surface area contributed by atoms with Gasteiger partial charge in [0.2, 0.25) is 5.79 Å². The first kappa shape index (κ1) is 61.1. The van der Waals surface area contributed by atoms with Gasteiger partial charge >= 0.3 is 5.97 Å². The molecule has 408 valence electrons. The van der Waals surface area contributed by atoms with Crippen molar-refractivity contribution < 1.29 is 72.1 Å². The minimum Gasteiger partial charge on any atom is -0.460 e. The van der Waals surface area contributed by atoms with E-state index in [1.165, 1.54) is 19.1 Å². The summed E-state index contributed by atoms with van der Waals surface area (Å²) in [5.74, 6) is -7.67. The molecule has 2 N–H and O–H groups in total. The second-order valence-electron chi connectivity index (χ2n) is 21.0. The Morgan fingerprint density at radius 1 is 0.806 bits per heavy atom. The molecule has 72 heavy (non-hydrogen) atoms. The van der Waals surface area contributed by atoms with E-state index in [-0.39, 0.29) is 73.8 Å². The molecule has 3 aliphatic heterocycles. The summed E-state index contributed by atoms with van der Waals surface area (Å²) in [6.45, 7) is 14.5. The van der Waals surface area contributed by atoms with E-state index in [0.717, 1.165) is 12.0 Å². The molecule has 0 radical (unpaired) electrons. The third kappa shape index (κ3) is 17.3. The second-order valence-corrected chi connectivity index (χ2v) is 21.0. The van der Waals surface area contributed by atoms with Crippen LogP contribution in [0.2, 0.25) is 0 Å². The molecular weight excluding hydrogens is 927 g/mol. The normalized spacial score (nSPS) is 37.7. The number of aliphatic hydroxyl groups excluding tert-OH is 1. The number of hydrogen-bond donors (Lipinski definition) is 2. The van der Waals surface area contributed by atoms with Crippen molar-refractivity contribution in [2.75, 3.05) is 61.4 Å². The molecule has 1 saturated carbocycles.